The van der Waals surface area contributed by atoms with Crippen LogP contribution >= 0.6 is 11.8 Å². The highest BCUT2D eigenvalue weighted by Gasteiger charge is 2.30. The largest absolute Gasteiger partial charge is 0.389 e. The Kier molecular flexibility index (Phi) is 4.29. The van der Waals surface area contributed by atoms with E-state index < -0.39 is 5.60 Å². The van der Waals surface area contributed by atoms with Crippen LogP contribution in [0.2, 0.25) is 0 Å². The fourth-order valence-corrected chi connectivity index (χ4v) is 2.87. The fraction of sp³-hybridized carbons (Fsp3) is 1.00. The van der Waals surface area contributed by atoms with E-state index in [9.17, 15) is 5.11 Å². The van der Waals surface area contributed by atoms with Crippen molar-refractivity contribution >= 4 is 11.8 Å². The molecule has 14 heavy (non-hydrogen) atoms. The van der Waals surface area contributed by atoms with Crippen molar-refractivity contribution in [3.63, 3.8) is 0 Å². The van der Waals surface area contributed by atoms with Crippen LogP contribution < -0.4 is 0 Å². The summed E-state index contributed by atoms with van der Waals surface area (Å²) >= 11 is 1.85. The number of thioether (sulfide) groups is 1. The molecule has 0 aromatic rings. The third kappa shape index (κ3) is 3.14. The Morgan fingerprint density at radius 1 is 1.57 bits per heavy atom. The van der Waals surface area contributed by atoms with E-state index in [1.165, 1.54) is 0 Å². The number of aliphatic hydroxyl groups is 1. The summed E-state index contributed by atoms with van der Waals surface area (Å²) in [7, 11) is 0. The minimum atomic E-state index is -0.549. The van der Waals surface area contributed by atoms with Crippen molar-refractivity contribution in [3.8, 4) is 0 Å². The molecule has 1 aliphatic rings. The van der Waals surface area contributed by atoms with Crippen LogP contribution in [0.4, 0.5) is 0 Å². The Morgan fingerprint density at radius 2 is 2.21 bits per heavy atom. The highest BCUT2D eigenvalue weighted by molar-refractivity contribution is 8.00. The lowest BCUT2D eigenvalue weighted by molar-refractivity contribution is 0.0374. The third-order valence-corrected chi connectivity index (χ3v) is 4.94. The van der Waals surface area contributed by atoms with Gasteiger partial charge in [0.2, 0.25) is 0 Å². The summed E-state index contributed by atoms with van der Waals surface area (Å²) in [5, 5.41) is 10.6. The molecule has 0 aromatic heterocycles. The van der Waals surface area contributed by atoms with E-state index >= 15 is 0 Å². The zero-order valence-electron chi connectivity index (χ0n) is 9.62. The van der Waals surface area contributed by atoms with Gasteiger partial charge < -0.3 is 9.84 Å². The molecule has 0 aromatic carbocycles. The van der Waals surface area contributed by atoms with Crippen LogP contribution in [0.25, 0.3) is 0 Å². The molecule has 1 rings (SSSR count). The standard InChI is InChI=1S/C11H22O2S/c1-8(2)11(4,12)7-14-10-5-6-13-9(10)3/h8-10,12H,5-7H2,1-4H3. The molecule has 0 saturated carbocycles. The number of rotatable bonds is 4. The predicted octanol–water partition coefficient (Wildman–Crippen LogP) is 2.30. The van der Waals surface area contributed by atoms with Gasteiger partial charge >= 0.3 is 0 Å². The molecule has 1 fully saturated rings. The van der Waals surface area contributed by atoms with E-state index in [4.69, 9.17) is 4.74 Å². The van der Waals surface area contributed by atoms with Gasteiger partial charge in [0.1, 0.15) is 0 Å². The molecule has 3 heteroatoms. The first-order valence-corrected chi connectivity index (χ1v) is 6.44. The summed E-state index contributed by atoms with van der Waals surface area (Å²) in [6, 6.07) is 0. The minimum Gasteiger partial charge on any atom is -0.389 e. The molecule has 0 aliphatic carbocycles. The maximum Gasteiger partial charge on any atom is 0.0732 e. The van der Waals surface area contributed by atoms with E-state index in [0.717, 1.165) is 18.8 Å². The van der Waals surface area contributed by atoms with Crippen molar-refractivity contribution in [2.45, 2.75) is 51.1 Å². The fourth-order valence-electron chi connectivity index (χ4n) is 1.37. The van der Waals surface area contributed by atoms with Crippen LogP contribution in [0.3, 0.4) is 0 Å². The second-order valence-corrected chi connectivity index (χ2v) is 5.95. The normalized spacial score (nSPS) is 32.1. The molecule has 84 valence electrons. The summed E-state index contributed by atoms with van der Waals surface area (Å²) in [6.07, 6.45) is 1.47. The van der Waals surface area contributed by atoms with Gasteiger partial charge in [-0.3, -0.25) is 0 Å². The Hall–Kier alpha value is 0.270. The van der Waals surface area contributed by atoms with Crippen molar-refractivity contribution in [1.29, 1.82) is 0 Å². The van der Waals surface area contributed by atoms with Crippen LogP contribution in [0, 0.1) is 5.92 Å². The molecule has 1 aliphatic heterocycles. The molecule has 1 heterocycles. The third-order valence-electron chi connectivity index (χ3n) is 3.14. The molecule has 3 atom stereocenters. The van der Waals surface area contributed by atoms with Gasteiger partial charge in [-0.15, -0.1) is 0 Å². The summed E-state index contributed by atoms with van der Waals surface area (Å²) < 4.78 is 5.49. The monoisotopic (exact) mass is 218 g/mol. The van der Waals surface area contributed by atoms with E-state index in [-0.39, 0.29) is 0 Å². The molecule has 0 radical (unpaired) electrons. The average Bonchev–Trinajstić information content (AvgIpc) is 2.47. The molecule has 1 saturated heterocycles. The Morgan fingerprint density at radius 3 is 2.64 bits per heavy atom. The van der Waals surface area contributed by atoms with Gasteiger partial charge in [-0.05, 0) is 26.2 Å². The second kappa shape index (κ2) is 4.86. The molecule has 0 amide bonds. The van der Waals surface area contributed by atoms with Gasteiger partial charge in [-0.25, -0.2) is 0 Å². The van der Waals surface area contributed by atoms with E-state index in [0.29, 0.717) is 17.3 Å². The lowest BCUT2D eigenvalue weighted by atomic mass is 9.95. The topological polar surface area (TPSA) is 29.5 Å². The summed E-state index contributed by atoms with van der Waals surface area (Å²) in [6.45, 7) is 9.05. The SMILES string of the molecule is CC1OCCC1SCC(C)(O)C(C)C. The highest BCUT2D eigenvalue weighted by Crippen LogP contribution is 2.30. The quantitative estimate of drug-likeness (QED) is 0.785. The maximum atomic E-state index is 10.1. The molecule has 0 bridgehead atoms. The number of hydrogen-bond donors (Lipinski definition) is 1. The predicted molar refractivity (Wildman–Crippen MR) is 61.7 cm³/mol. The maximum absolute atomic E-state index is 10.1. The lowest BCUT2D eigenvalue weighted by Gasteiger charge is -2.28. The first kappa shape index (κ1) is 12.3. The molecule has 2 nitrogen and oxygen atoms in total. The van der Waals surface area contributed by atoms with Gasteiger partial charge in [-0.2, -0.15) is 11.8 Å². The minimum absolute atomic E-state index is 0.313. The van der Waals surface area contributed by atoms with Crippen molar-refractivity contribution in [1.82, 2.24) is 0 Å². The van der Waals surface area contributed by atoms with Crippen molar-refractivity contribution < 1.29 is 9.84 Å². The smallest absolute Gasteiger partial charge is 0.0732 e. The summed E-state index contributed by atoms with van der Waals surface area (Å²) in [5.41, 5.74) is -0.549. The summed E-state index contributed by atoms with van der Waals surface area (Å²) in [5.74, 6) is 1.12. The molecular formula is C11H22O2S. The van der Waals surface area contributed by atoms with Crippen molar-refractivity contribution in [3.05, 3.63) is 0 Å². The van der Waals surface area contributed by atoms with E-state index in [1.54, 1.807) is 0 Å². The Balaban J connectivity index is 2.32. The van der Waals surface area contributed by atoms with Crippen LogP contribution in [0.15, 0.2) is 0 Å². The van der Waals surface area contributed by atoms with Gasteiger partial charge in [-0.1, -0.05) is 13.8 Å². The highest BCUT2D eigenvalue weighted by atomic mass is 32.2. The zero-order valence-corrected chi connectivity index (χ0v) is 10.4. The first-order valence-electron chi connectivity index (χ1n) is 5.39. The Labute approximate surface area is 91.4 Å². The van der Waals surface area contributed by atoms with Crippen molar-refractivity contribution in [2.75, 3.05) is 12.4 Å². The van der Waals surface area contributed by atoms with Gasteiger partial charge in [0.15, 0.2) is 0 Å². The van der Waals surface area contributed by atoms with Gasteiger partial charge in [0, 0.05) is 17.6 Å². The van der Waals surface area contributed by atoms with Crippen LogP contribution in [0.5, 0.6) is 0 Å². The molecule has 0 spiro atoms. The second-order valence-electron chi connectivity index (χ2n) is 4.73. The van der Waals surface area contributed by atoms with Gasteiger partial charge in [0.25, 0.3) is 0 Å². The number of hydrogen-bond acceptors (Lipinski definition) is 3. The first-order chi connectivity index (χ1) is 6.43. The zero-order chi connectivity index (χ0) is 10.8. The van der Waals surface area contributed by atoms with Crippen LogP contribution in [-0.2, 0) is 4.74 Å². The van der Waals surface area contributed by atoms with Crippen molar-refractivity contribution in [2.24, 2.45) is 5.92 Å². The average molecular weight is 218 g/mol. The Bertz CT molecular complexity index is 180. The molecule has 3 unspecified atom stereocenters. The van der Waals surface area contributed by atoms with Crippen LogP contribution in [0.1, 0.15) is 34.1 Å². The van der Waals surface area contributed by atoms with Gasteiger partial charge in [0.05, 0.1) is 11.7 Å². The molecule has 1 N–H and O–H groups in total. The van der Waals surface area contributed by atoms with E-state index in [2.05, 4.69) is 20.8 Å². The van der Waals surface area contributed by atoms with Crippen LogP contribution in [-0.4, -0.2) is 34.4 Å². The number of ether oxygens (including phenoxy) is 1. The summed E-state index contributed by atoms with van der Waals surface area (Å²) in [4.78, 5) is 0. The molecular weight excluding hydrogens is 196 g/mol. The lowest BCUT2D eigenvalue weighted by Crippen LogP contribution is -2.35. The van der Waals surface area contributed by atoms with E-state index in [1.807, 2.05) is 18.7 Å².